The topological polar surface area (TPSA) is 118 Å². The number of halogens is 2. The lowest BCUT2D eigenvalue weighted by Gasteiger charge is -2.18. The number of nitrogens with one attached hydrogen (secondary N) is 2. The van der Waals surface area contributed by atoms with Crippen LogP contribution in [0.1, 0.15) is 18.4 Å². The van der Waals surface area contributed by atoms with Crippen LogP contribution in [0.2, 0.25) is 10.0 Å². The molecule has 0 aliphatic heterocycles. The molecule has 150 valence electrons. The predicted molar refractivity (Wildman–Crippen MR) is 107 cm³/mol. The van der Waals surface area contributed by atoms with E-state index in [2.05, 4.69) is 10.0 Å². The minimum atomic E-state index is -4.01. The van der Waals surface area contributed by atoms with E-state index in [0.717, 1.165) is 0 Å². The zero-order valence-electron chi connectivity index (χ0n) is 14.7. The van der Waals surface area contributed by atoms with Gasteiger partial charge in [0.25, 0.3) is 0 Å². The van der Waals surface area contributed by atoms with E-state index in [1.54, 1.807) is 24.3 Å². The first-order valence-electron chi connectivity index (χ1n) is 8.26. The molecule has 4 N–H and O–H groups in total. The Bertz CT molecular complexity index is 950. The number of carbonyl (C=O) groups excluding carboxylic acids is 2. The molecule has 1 unspecified atom stereocenters. The zero-order chi connectivity index (χ0) is 20.7. The molecule has 0 aliphatic carbocycles. The third-order valence-electron chi connectivity index (χ3n) is 3.83. The first-order valence-corrected chi connectivity index (χ1v) is 10.5. The average Bonchev–Trinajstić information content (AvgIpc) is 2.64. The van der Waals surface area contributed by atoms with Crippen molar-refractivity contribution in [1.82, 2.24) is 10.0 Å². The molecule has 0 saturated heterocycles. The van der Waals surface area contributed by atoms with Gasteiger partial charge in [-0.15, -0.1) is 0 Å². The molecular formula is C18H19Cl2N3O4S. The van der Waals surface area contributed by atoms with E-state index in [1.807, 2.05) is 0 Å². The van der Waals surface area contributed by atoms with Crippen LogP contribution in [0.15, 0.2) is 53.4 Å². The molecule has 0 aromatic heterocycles. The summed E-state index contributed by atoms with van der Waals surface area (Å²) >= 11 is 11.8. The third kappa shape index (κ3) is 6.49. The van der Waals surface area contributed by atoms with Gasteiger partial charge in [0, 0.05) is 23.0 Å². The highest BCUT2D eigenvalue weighted by atomic mass is 35.5. The molecule has 0 spiro atoms. The first-order chi connectivity index (χ1) is 13.2. The molecular weight excluding hydrogens is 425 g/mol. The largest absolute Gasteiger partial charge is 0.370 e. The highest BCUT2D eigenvalue weighted by Crippen LogP contribution is 2.16. The lowest BCUT2D eigenvalue weighted by Crippen LogP contribution is -2.46. The number of hydrogen-bond acceptors (Lipinski definition) is 4. The molecule has 2 rings (SSSR count). The van der Waals surface area contributed by atoms with E-state index < -0.39 is 27.9 Å². The maximum atomic E-state index is 12.6. The van der Waals surface area contributed by atoms with Crippen molar-refractivity contribution < 1.29 is 18.0 Å². The van der Waals surface area contributed by atoms with Gasteiger partial charge in [-0.05, 0) is 42.3 Å². The van der Waals surface area contributed by atoms with Crippen LogP contribution in [0.5, 0.6) is 0 Å². The SMILES string of the molecule is NC(=O)CCC(NS(=O)(=O)c1ccc(Cl)cc1)C(=O)NCc1ccccc1Cl. The van der Waals surface area contributed by atoms with Crippen molar-refractivity contribution >= 4 is 45.0 Å². The molecule has 1 atom stereocenters. The number of nitrogens with two attached hydrogens (primary N) is 1. The van der Waals surface area contributed by atoms with Gasteiger partial charge in [-0.25, -0.2) is 8.42 Å². The quantitative estimate of drug-likeness (QED) is 0.550. The van der Waals surface area contributed by atoms with Gasteiger partial charge in [-0.1, -0.05) is 41.4 Å². The van der Waals surface area contributed by atoms with Crippen molar-refractivity contribution in [3.63, 3.8) is 0 Å². The van der Waals surface area contributed by atoms with Crippen LogP contribution < -0.4 is 15.8 Å². The maximum Gasteiger partial charge on any atom is 0.241 e. The van der Waals surface area contributed by atoms with Crippen LogP contribution in [0, 0.1) is 0 Å². The summed E-state index contributed by atoms with van der Waals surface area (Å²) in [6.07, 6.45) is -0.246. The summed E-state index contributed by atoms with van der Waals surface area (Å²) in [5.74, 6) is -1.24. The van der Waals surface area contributed by atoms with E-state index in [1.165, 1.54) is 24.3 Å². The van der Waals surface area contributed by atoms with Crippen molar-refractivity contribution in [1.29, 1.82) is 0 Å². The molecule has 10 heteroatoms. The zero-order valence-corrected chi connectivity index (χ0v) is 17.0. The van der Waals surface area contributed by atoms with Gasteiger partial charge < -0.3 is 11.1 Å². The summed E-state index contributed by atoms with van der Waals surface area (Å²) in [4.78, 5) is 23.6. The van der Waals surface area contributed by atoms with E-state index in [9.17, 15) is 18.0 Å². The van der Waals surface area contributed by atoms with Crippen molar-refractivity contribution in [3.8, 4) is 0 Å². The molecule has 0 radical (unpaired) electrons. The van der Waals surface area contributed by atoms with Crippen molar-refractivity contribution in [3.05, 3.63) is 64.1 Å². The minimum absolute atomic E-state index is 0.0557. The average molecular weight is 444 g/mol. The molecule has 7 nitrogen and oxygen atoms in total. The van der Waals surface area contributed by atoms with Gasteiger partial charge in [-0.3, -0.25) is 9.59 Å². The Hall–Kier alpha value is -2.13. The van der Waals surface area contributed by atoms with E-state index in [0.29, 0.717) is 15.6 Å². The molecule has 0 aliphatic rings. The van der Waals surface area contributed by atoms with Crippen LogP contribution in [0.25, 0.3) is 0 Å². The van der Waals surface area contributed by atoms with Crippen LogP contribution in [-0.2, 0) is 26.2 Å². The summed E-state index contributed by atoms with van der Waals surface area (Å²) < 4.78 is 27.4. The summed E-state index contributed by atoms with van der Waals surface area (Å²) in [6, 6.07) is 11.2. The van der Waals surface area contributed by atoms with Crippen LogP contribution in [-0.4, -0.2) is 26.3 Å². The van der Waals surface area contributed by atoms with Gasteiger partial charge in [0.1, 0.15) is 6.04 Å². The first kappa shape index (κ1) is 22.2. The summed E-state index contributed by atoms with van der Waals surface area (Å²) in [6.45, 7) is 0.105. The predicted octanol–water partition coefficient (Wildman–Crippen LogP) is 2.22. The molecule has 28 heavy (non-hydrogen) atoms. The minimum Gasteiger partial charge on any atom is -0.370 e. The molecule has 0 fully saturated rings. The van der Waals surface area contributed by atoms with Crippen molar-refractivity contribution in [2.45, 2.75) is 30.3 Å². The highest BCUT2D eigenvalue weighted by Gasteiger charge is 2.26. The van der Waals surface area contributed by atoms with Gasteiger partial charge in [0.05, 0.1) is 4.90 Å². The van der Waals surface area contributed by atoms with Gasteiger partial charge in [0.15, 0.2) is 0 Å². The fraction of sp³-hybridized carbons (Fsp3) is 0.222. The van der Waals surface area contributed by atoms with E-state index in [-0.39, 0.29) is 24.3 Å². The van der Waals surface area contributed by atoms with E-state index in [4.69, 9.17) is 28.9 Å². The molecule has 0 heterocycles. The summed E-state index contributed by atoms with van der Waals surface area (Å²) in [5, 5.41) is 3.47. The molecule has 2 aromatic rings. The summed E-state index contributed by atoms with van der Waals surface area (Å²) in [5.41, 5.74) is 5.81. The van der Waals surface area contributed by atoms with Crippen LogP contribution in [0.3, 0.4) is 0 Å². The van der Waals surface area contributed by atoms with E-state index >= 15 is 0 Å². The number of amides is 2. The lowest BCUT2D eigenvalue weighted by molar-refractivity contribution is -0.123. The Kier molecular flexibility index (Phi) is 7.82. The monoisotopic (exact) mass is 443 g/mol. The van der Waals surface area contributed by atoms with Crippen LogP contribution in [0.4, 0.5) is 0 Å². The molecule has 0 bridgehead atoms. The maximum absolute atomic E-state index is 12.6. The second-order valence-electron chi connectivity index (χ2n) is 5.94. The number of rotatable bonds is 9. The lowest BCUT2D eigenvalue weighted by atomic mass is 10.1. The van der Waals surface area contributed by atoms with Gasteiger partial charge >= 0.3 is 0 Å². The standard InChI is InChI=1S/C18H19Cl2N3O4S/c19-13-5-7-14(8-6-13)28(26,27)23-16(9-10-17(21)24)18(25)22-11-12-3-1-2-4-15(12)20/h1-8,16,23H,9-11H2,(H2,21,24)(H,22,25). The Morgan fingerprint density at radius 2 is 1.68 bits per heavy atom. The van der Waals surface area contributed by atoms with Crippen LogP contribution >= 0.6 is 23.2 Å². The molecule has 2 amide bonds. The Morgan fingerprint density at radius 1 is 1.04 bits per heavy atom. The number of hydrogen-bond donors (Lipinski definition) is 3. The Balaban J connectivity index is 2.13. The molecule has 0 saturated carbocycles. The number of benzene rings is 2. The van der Waals surface area contributed by atoms with Crippen molar-refractivity contribution in [2.24, 2.45) is 5.73 Å². The van der Waals surface area contributed by atoms with Gasteiger partial charge in [-0.2, -0.15) is 4.72 Å². The fourth-order valence-electron chi connectivity index (χ4n) is 2.35. The Morgan fingerprint density at radius 3 is 2.29 bits per heavy atom. The molecule has 2 aromatic carbocycles. The number of carbonyl (C=O) groups is 2. The second kappa shape index (κ2) is 9.88. The number of primary amides is 1. The van der Waals surface area contributed by atoms with Crippen molar-refractivity contribution in [2.75, 3.05) is 0 Å². The Labute approximate surface area is 173 Å². The third-order valence-corrected chi connectivity index (χ3v) is 5.94. The normalized spacial score (nSPS) is 12.4. The smallest absolute Gasteiger partial charge is 0.241 e. The fourth-order valence-corrected chi connectivity index (χ4v) is 3.90. The van der Waals surface area contributed by atoms with Gasteiger partial charge in [0.2, 0.25) is 21.8 Å². The number of sulfonamides is 1. The summed E-state index contributed by atoms with van der Waals surface area (Å²) in [7, 11) is -4.01. The second-order valence-corrected chi connectivity index (χ2v) is 8.50. The highest BCUT2D eigenvalue weighted by molar-refractivity contribution is 7.89.